The van der Waals surface area contributed by atoms with Crippen LogP contribution in [0.15, 0.2) is 35.3 Å². The molecule has 1 unspecified atom stereocenters. The molecule has 0 amide bonds. The Hall–Kier alpha value is -1.63. The van der Waals surface area contributed by atoms with E-state index in [4.69, 9.17) is 10.5 Å². The molecule has 1 atom stereocenters. The summed E-state index contributed by atoms with van der Waals surface area (Å²) < 4.78 is 5.30. The van der Waals surface area contributed by atoms with Gasteiger partial charge in [-0.1, -0.05) is 30.3 Å². The number of piperazine rings is 1. The van der Waals surface area contributed by atoms with Crippen molar-refractivity contribution >= 4 is 5.96 Å². The van der Waals surface area contributed by atoms with Crippen molar-refractivity contribution in [2.45, 2.75) is 25.8 Å². The SMILES string of the molecule is CCOCCCN=C(N)NCCCN1CCN(C)CC1c1ccccc1. The third kappa shape index (κ3) is 7.32. The van der Waals surface area contributed by atoms with E-state index in [0.717, 1.165) is 58.8 Å². The van der Waals surface area contributed by atoms with Crippen LogP contribution in [-0.2, 0) is 4.74 Å². The van der Waals surface area contributed by atoms with E-state index in [1.165, 1.54) is 5.56 Å². The number of hydrogen-bond donors (Lipinski definition) is 2. The number of likely N-dealkylation sites (N-methyl/N-ethyl adjacent to an activating group) is 1. The first-order chi connectivity index (χ1) is 12.7. The Labute approximate surface area is 158 Å². The lowest BCUT2D eigenvalue weighted by molar-refractivity contribution is 0.0891. The fourth-order valence-corrected chi connectivity index (χ4v) is 3.28. The normalized spacial score (nSPS) is 19.6. The van der Waals surface area contributed by atoms with Crippen molar-refractivity contribution in [3.05, 3.63) is 35.9 Å². The maximum atomic E-state index is 5.92. The van der Waals surface area contributed by atoms with Crippen molar-refractivity contribution in [1.82, 2.24) is 15.1 Å². The molecule has 146 valence electrons. The Morgan fingerprint density at radius 2 is 2.08 bits per heavy atom. The standard InChI is InChI=1S/C20H35N5O/c1-3-26-16-8-12-23-20(21)22-11-7-13-25-15-14-24(2)17-19(25)18-9-5-4-6-10-18/h4-6,9-10,19H,3,7-8,11-17H2,1-2H3,(H3,21,22,23). The van der Waals surface area contributed by atoms with Gasteiger partial charge in [0.25, 0.3) is 0 Å². The van der Waals surface area contributed by atoms with Crippen molar-refractivity contribution < 1.29 is 4.74 Å². The molecule has 0 radical (unpaired) electrons. The smallest absolute Gasteiger partial charge is 0.188 e. The molecule has 2 rings (SSSR count). The molecule has 0 spiro atoms. The summed E-state index contributed by atoms with van der Waals surface area (Å²) in [7, 11) is 2.21. The van der Waals surface area contributed by atoms with Gasteiger partial charge >= 0.3 is 0 Å². The minimum absolute atomic E-state index is 0.472. The molecule has 6 heteroatoms. The number of rotatable bonds is 10. The highest BCUT2D eigenvalue weighted by Crippen LogP contribution is 2.24. The number of nitrogens with two attached hydrogens (primary N) is 1. The van der Waals surface area contributed by atoms with Crippen LogP contribution in [0.2, 0.25) is 0 Å². The highest BCUT2D eigenvalue weighted by molar-refractivity contribution is 5.77. The number of hydrogen-bond acceptors (Lipinski definition) is 4. The Balaban J connectivity index is 1.71. The molecular weight excluding hydrogens is 326 g/mol. The molecule has 1 aliphatic rings. The number of ether oxygens (including phenoxy) is 1. The molecular formula is C20H35N5O. The highest BCUT2D eigenvalue weighted by Gasteiger charge is 2.25. The van der Waals surface area contributed by atoms with Crippen LogP contribution in [0.3, 0.4) is 0 Å². The van der Waals surface area contributed by atoms with E-state index in [0.29, 0.717) is 18.5 Å². The summed E-state index contributed by atoms with van der Waals surface area (Å²) in [6.07, 6.45) is 1.97. The lowest BCUT2D eigenvalue weighted by Crippen LogP contribution is -2.47. The van der Waals surface area contributed by atoms with Crippen LogP contribution in [0, 0.1) is 0 Å². The van der Waals surface area contributed by atoms with Crippen LogP contribution in [0.1, 0.15) is 31.4 Å². The van der Waals surface area contributed by atoms with Gasteiger partial charge in [0.2, 0.25) is 0 Å². The van der Waals surface area contributed by atoms with Crippen LogP contribution in [-0.4, -0.2) is 75.3 Å². The van der Waals surface area contributed by atoms with E-state index in [-0.39, 0.29) is 0 Å². The summed E-state index contributed by atoms with van der Waals surface area (Å²) in [6.45, 7) is 9.46. The van der Waals surface area contributed by atoms with Gasteiger partial charge in [-0.25, -0.2) is 0 Å². The molecule has 1 saturated heterocycles. The lowest BCUT2D eigenvalue weighted by Gasteiger charge is -2.40. The number of guanidine groups is 1. The summed E-state index contributed by atoms with van der Waals surface area (Å²) in [5.41, 5.74) is 7.33. The van der Waals surface area contributed by atoms with Gasteiger partial charge in [0.05, 0.1) is 0 Å². The molecule has 1 aliphatic heterocycles. The highest BCUT2D eigenvalue weighted by atomic mass is 16.5. The quantitative estimate of drug-likeness (QED) is 0.377. The van der Waals surface area contributed by atoms with Gasteiger partial charge in [0.15, 0.2) is 5.96 Å². The Morgan fingerprint density at radius 3 is 2.85 bits per heavy atom. The van der Waals surface area contributed by atoms with Gasteiger partial charge in [-0.2, -0.15) is 0 Å². The Morgan fingerprint density at radius 1 is 1.27 bits per heavy atom. The van der Waals surface area contributed by atoms with Crippen molar-refractivity contribution in [3.63, 3.8) is 0 Å². The largest absolute Gasteiger partial charge is 0.382 e. The van der Waals surface area contributed by atoms with Crippen molar-refractivity contribution in [3.8, 4) is 0 Å². The van der Waals surface area contributed by atoms with Gasteiger partial charge in [-0.15, -0.1) is 0 Å². The molecule has 0 bridgehead atoms. The molecule has 1 fully saturated rings. The average Bonchev–Trinajstić information content (AvgIpc) is 2.66. The van der Waals surface area contributed by atoms with E-state index in [1.807, 2.05) is 6.92 Å². The van der Waals surface area contributed by atoms with Gasteiger partial charge in [-0.05, 0) is 32.4 Å². The maximum Gasteiger partial charge on any atom is 0.188 e. The van der Waals surface area contributed by atoms with Crippen LogP contribution in [0.25, 0.3) is 0 Å². The number of nitrogens with one attached hydrogen (secondary N) is 1. The third-order valence-electron chi connectivity index (χ3n) is 4.74. The predicted molar refractivity (Wildman–Crippen MR) is 108 cm³/mol. The summed E-state index contributed by atoms with van der Waals surface area (Å²) in [4.78, 5) is 9.34. The first-order valence-corrected chi connectivity index (χ1v) is 9.79. The Kier molecular flexibility index (Phi) is 9.45. The second kappa shape index (κ2) is 11.9. The minimum atomic E-state index is 0.472. The van der Waals surface area contributed by atoms with Crippen molar-refractivity contribution in [2.24, 2.45) is 10.7 Å². The molecule has 1 aromatic carbocycles. The summed E-state index contributed by atoms with van der Waals surface area (Å²) in [5.74, 6) is 0.541. The lowest BCUT2D eigenvalue weighted by atomic mass is 10.0. The van der Waals surface area contributed by atoms with Gasteiger partial charge in [0.1, 0.15) is 0 Å². The topological polar surface area (TPSA) is 66.1 Å². The maximum absolute atomic E-state index is 5.92. The molecule has 0 aliphatic carbocycles. The molecule has 0 saturated carbocycles. The second-order valence-corrected chi connectivity index (χ2v) is 6.82. The average molecular weight is 362 g/mol. The zero-order valence-electron chi connectivity index (χ0n) is 16.4. The van der Waals surface area contributed by atoms with Crippen LogP contribution in [0.5, 0.6) is 0 Å². The van der Waals surface area contributed by atoms with Crippen LogP contribution >= 0.6 is 0 Å². The van der Waals surface area contributed by atoms with Crippen LogP contribution < -0.4 is 11.1 Å². The zero-order chi connectivity index (χ0) is 18.6. The van der Waals surface area contributed by atoms with Crippen LogP contribution in [0.4, 0.5) is 0 Å². The van der Waals surface area contributed by atoms with Gasteiger partial charge in [0, 0.05) is 58.5 Å². The second-order valence-electron chi connectivity index (χ2n) is 6.82. The monoisotopic (exact) mass is 361 g/mol. The predicted octanol–water partition coefficient (Wildman–Crippen LogP) is 1.70. The van der Waals surface area contributed by atoms with Crippen molar-refractivity contribution in [1.29, 1.82) is 0 Å². The fraction of sp³-hybridized carbons (Fsp3) is 0.650. The summed E-state index contributed by atoms with van der Waals surface area (Å²) in [6, 6.07) is 11.3. The molecule has 1 heterocycles. The number of benzene rings is 1. The summed E-state index contributed by atoms with van der Waals surface area (Å²) >= 11 is 0. The zero-order valence-corrected chi connectivity index (χ0v) is 16.4. The van der Waals surface area contributed by atoms with Gasteiger partial charge in [-0.3, -0.25) is 9.89 Å². The fourth-order valence-electron chi connectivity index (χ4n) is 3.28. The number of nitrogens with zero attached hydrogens (tertiary/aromatic N) is 3. The molecule has 1 aromatic rings. The van der Waals surface area contributed by atoms with E-state index in [1.54, 1.807) is 0 Å². The number of aliphatic imine (C=N–C) groups is 1. The van der Waals surface area contributed by atoms with E-state index in [2.05, 4.69) is 57.5 Å². The van der Waals surface area contributed by atoms with E-state index < -0.39 is 0 Å². The minimum Gasteiger partial charge on any atom is -0.382 e. The third-order valence-corrected chi connectivity index (χ3v) is 4.74. The molecule has 0 aromatic heterocycles. The molecule has 26 heavy (non-hydrogen) atoms. The summed E-state index contributed by atoms with van der Waals surface area (Å²) in [5, 5.41) is 3.23. The Bertz CT molecular complexity index is 522. The first kappa shape index (κ1) is 20.7. The van der Waals surface area contributed by atoms with E-state index >= 15 is 0 Å². The van der Waals surface area contributed by atoms with Crippen molar-refractivity contribution in [2.75, 3.05) is 59.5 Å². The molecule has 3 N–H and O–H groups in total. The van der Waals surface area contributed by atoms with E-state index in [9.17, 15) is 0 Å². The molecule has 6 nitrogen and oxygen atoms in total. The first-order valence-electron chi connectivity index (χ1n) is 9.79. The van der Waals surface area contributed by atoms with Gasteiger partial charge < -0.3 is 20.7 Å².